The number of hydrogen-bond donors (Lipinski definition) is 0. The minimum atomic E-state index is 0.0938. The molecular formula is C24H30N2O3. The molecule has 154 valence electrons. The number of hydrogen-bond acceptors (Lipinski definition) is 4. The molecule has 0 radical (unpaired) electrons. The summed E-state index contributed by atoms with van der Waals surface area (Å²) in [5.74, 6) is 0.882. The first-order valence-electron chi connectivity index (χ1n) is 10.6. The normalized spacial score (nSPS) is 19.4. The number of rotatable bonds is 5. The van der Waals surface area contributed by atoms with E-state index in [1.165, 1.54) is 16.8 Å². The zero-order chi connectivity index (χ0) is 20.2. The lowest BCUT2D eigenvalue weighted by atomic mass is 10.1. The van der Waals surface area contributed by atoms with Gasteiger partial charge in [-0.2, -0.15) is 0 Å². The molecule has 5 heteroatoms. The summed E-state index contributed by atoms with van der Waals surface area (Å²) in [4.78, 5) is 17.2. The Morgan fingerprint density at radius 1 is 1.07 bits per heavy atom. The monoisotopic (exact) mass is 394 g/mol. The summed E-state index contributed by atoms with van der Waals surface area (Å²) in [7, 11) is 0. The molecule has 1 amide bonds. The van der Waals surface area contributed by atoms with Crippen LogP contribution in [0.15, 0.2) is 42.5 Å². The summed E-state index contributed by atoms with van der Waals surface area (Å²) in [5, 5.41) is 0. The highest BCUT2D eigenvalue weighted by molar-refractivity contribution is 5.94. The standard InChI is InChI=1S/C24H30N2O3/c1-18-5-3-7-23(19(18)2)25-12-14-26(15-13-25)24(27)20-8-10-21(11-9-20)29-17-22-6-4-16-28-22/h3,5,7-11,22H,4,6,12-17H2,1-2H3/t22-/m0/s1. The summed E-state index contributed by atoms with van der Waals surface area (Å²) >= 11 is 0. The Kier molecular flexibility index (Phi) is 6.05. The second kappa shape index (κ2) is 8.87. The van der Waals surface area contributed by atoms with E-state index < -0.39 is 0 Å². The largest absolute Gasteiger partial charge is 0.491 e. The van der Waals surface area contributed by atoms with Crippen LogP contribution in [0.1, 0.15) is 34.3 Å². The van der Waals surface area contributed by atoms with E-state index in [0.29, 0.717) is 6.61 Å². The number of benzene rings is 2. The predicted molar refractivity (Wildman–Crippen MR) is 115 cm³/mol. The summed E-state index contributed by atoms with van der Waals surface area (Å²) in [6.07, 6.45) is 2.37. The molecule has 29 heavy (non-hydrogen) atoms. The second-order valence-electron chi connectivity index (χ2n) is 7.97. The van der Waals surface area contributed by atoms with E-state index in [0.717, 1.165) is 56.9 Å². The van der Waals surface area contributed by atoms with Crippen LogP contribution in [0.3, 0.4) is 0 Å². The summed E-state index contributed by atoms with van der Waals surface area (Å²) in [6, 6.07) is 13.9. The van der Waals surface area contributed by atoms with Crippen molar-refractivity contribution in [3.63, 3.8) is 0 Å². The molecule has 2 fully saturated rings. The van der Waals surface area contributed by atoms with Crippen LogP contribution in [0, 0.1) is 13.8 Å². The fraction of sp³-hybridized carbons (Fsp3) is 0.458. The maximum absolute atomic E-state index is 12.9. The van der Waals surface area contributed by atoms with Gasteiger partial charge in [0.05, 0.1) is 6.10 Å². The van der Waals surface area contributed by atoms with E-state index in [-0.39, 0.29) is 12.0 Å². The molecule has 5 nitrogen and oxygen atoms in total. The average Bonchev–Trinajstić information content (AvgIpc) is 3.28. The highest BCUT2D eigenvalue weighted by Gasteiger charge is 2.23. The minimum Gasteiger partial charge on any atom is -0.491 e. The molecule has 4 rings (SSSR count). The molecule has 2 aromatic carbocycles. The van der Waals surface area contributed by atoms with Crippen molar-refractivity contribution in [3.8, 4) is 5.75 Å². The lowest BCUT2D eigenvalue weighted by Gasteiger charge is -2.37. The first kappa shape index (κ1) is 19.8. The van der Waals surface area contributed by atoms with E-state index in [4.69, 9.17) is 9.47 Å². The first-order valence-corrected chi connectivity index (χ1v) is 10.6. The molecule has 2 aliphatic heterocycles. The predicted octanol–water partition coefficient (Wildman–Crippen LogP) is 3.82. The van der Waals surface area contributed by atoms with E-state index in [9.17, 15) is 4.79 Å². The van der Waals surface area contributed by atoms with Gasteiger partial charge in [-0.3, -0.25) is 4.79 Å². The van der Waals surface area contributed by atoms with Gasteiger partial charge < -0.3 is 19.3 Å². The number of piperazine rings is 1. The maximum Gasteiger partial charge on any atom is 0.253 e. The van der Waals surface area contributed by atoms with Crippen LogP contribution in [0.4, 0.5) is 5.69 Å². The average molecular weight is 395 g/mol. The van der Waals surface area contributed by atoms with E-state index in [2.05, 4.69) is 36.9 Å². The molecule has 1 atom stereocenters. The molecule has 2 saturated heterocycles. The highest BCUT2D eigenvalue weighted by Crippen LogP contribution is 2.24. The number of carbonyl (C=O) groups excluding carboxylic acids is 1. The number of aryl methyl sites for hydroxylation is 1. The molecule has 0 N–H and O–H groups in total. The van der Waals surface area contributed by atoms with Gasteiger partial charge >= 0.3 is 0 Å². The van der Waals surface area contributed by atoms with Crippen LogP contribution < -0.4 is 9.64 Å². The van der Waals surface area contributed by atoms with Crippen LogP contribution in [0.25, 0.3) is 0 Å². The number of carbonyl (C=O) groups is 1. The minimum absolute atomic E-state index is 0.0938. The van der Waals surface area contributed by atoms with Crippen LogP contribution in [0.2, 0.25) is 0 Å². The topological polar surface area (TPSA) is 42.0 Å². The lowest BCUT2D eigenvalue weighted by Crippen LogP contribution is -2.49. The Hall–Kier alpha value is -2.53. The molecule has 0 saturated carbocycles. The van der Waals surface area contributed by atoms with Gasteiger partial charge in [0.15, 0.2) is 0 Å². The molecule has 0 bridgehead atoms. The fourth-order valence-electron chi connectivity index (χ4n) is 4.07. The van der Waals surface area contributed by atoms with Crippen molar-refractivity contribution in [2.45, 2.75) is 32.8 Å². The van der Waals surface area contributed by atoms with E-state index in [1.807, 2.05) is 29.2 Å². The molecule has 0 aliphatic carbocycles. The number of ether oxygens (including phenoxy) is 2. The van der Waals surface area contributed by atoms with Crippen LogP contribution in [0.5, 0.6) is 5.75 Å². The molecule has 0 aromatic heterocycles. The smallest absolute Gasteiger partial charge is 0.253 e. The fourth-order valence-corrected chi connectivity index (χ4v) is 4.07. The van der Waals surface area contributed by atoms with Gasteiger partial charge in [0, 0.05) is 44.0 Å². The Morgan fingerprint density at radius 2 is 1.83 bits per heavy atom. The maximum atomic E-state index is 12.9. The molecule has 0 spiro atoms. The Bertz CT molecular complexity index is 836. The van der Waals surface area contributed by atoms with Crippen molar-refractivity contribution in [2.75, 3.05) is 44.3 Å². The SMILES string of the molecule is Cc1cccc(N2CCN(C(=O)c3ccc(OC[C@@H]4CCCO4)cc3)CC2)c1C. The quantitative estimate of drug-likeness (QED) is 0.773. The third kappa shape index (κ3) is 4.56. The Morgan fingerprint density at radius 3 is 2.52 bits per heavy atom. The molecule has 0 unspecified atom stereocenters. The van der Waals surface area contributed by atoms with Crippen LogP contribution >= 0.6 is 0 Å². The molecule has 2 aliphatic rings. The van der Waals surface area contributed by atoms with Crippen molar-refractivity contribution in [1.82, 2.24) is 4.90 Å². The first-order chi connectivity index (χ1) is 14.1. The number of nitrogens with zero attached hydrogens (tertiary/aromatic N) is 2. The van der Waals surface area contributed by atoms with Crippen molar-refractivity contribution >= 4 is 11.6 Å². The van der Waals surface area contributed by atoms with Crippen molar-refractivity contribution < 1.29 is 14.3 Å². The van der Waals surface area contributed by atoms with Gasteiger partial charge in [0.1, 0.15) is 12.4 Å². The summed E-state index contributed by atoms with van der Waals surface area (Å²) in [5.41, 5.74) is 4.63. The van der Waals surface area contributed by atoms with Gasteiger partial charge in [0.2, 0.25) is 0 Å². The van der Waals surface area contributed by atoms with Gasteiger partial charge in [-0.1, -0.05) is 12.1 Å². The summed E-state index contributed by atoms with van der Waals surface area (Å²) < 4.78 is 11.4. The van der Waals surface area contributed by atoms with E-state index in [1.54, 1.807) is 0 Å². The van der Waals surface area contributed by atoms with Gasteiger partial charge in [-0.05, 0) is 68.1 Å². The molecule has 2 heterocycles. The van der Waals surface area contributed by atoms with Crippen LogP contribution in [-0.4, -0.2) is 56.3 Å². The third-order valence-electron chi connectivity index (χ3n) is 6.04. The third-order valence-corrected chi connectivity index (χ3v) is 6.04. The van der Waals surface area contributed by atoms with Crippen molar-refractivity contribution in [3.05, 3.63) is 59.2 Å². The van der Waals surface area contributed by atoms with Gasteiger partial charge in [0.25, 0.3) is 5.91 Å². The van der Waals surface area contributed by atoms with Crippen LogP contribution in [-0.2, 0) is 4.74 Å². The molecule has 2 aromatic rings. The Balaban J connectivity index is 1.31. The van der Waals surface area contributed by atoms with Gasteiger partial charge in [-0.25, -0.2) is 0 Å². The zero-order valence-electron chi connectivity index (χ0n) is 17.4. The van der Waals surface area contributed by atoms with E-state index >= 15 is 0 Å². The highest BCUT2D eigenvalue weighted by atomic mass is 16.5. The number of anilines is 1. The van der Waals surface area contributed by atoms with Crippen molar-refractivity contribution in [2.24, 2.45) is 0 Å². The van der Waals surface area contributed by atoms with Gasteiger partial charge in [-0.15, -0.1) is 0 Å². The molecular weight excluding hydrogens is 364 g/mol. The lowest BCUT2D eigenvalue weighted by molar-refractivity contribution is 0.0678. The summed E-state index contributed by atoms with van der Waals surface area (Å²) in [6.45, 7) is 8.92. The second-order valence-corrected chi connectivity index (χ2v) is 7.97. The zero-order valence-corrected chi connectivity index (χ0v) is 17.4. The number of amides is 1. The van der Waals surface area contributed by atoms with Crippen molar-refractivity contribution in [1.29, 1.82) is 0 Å². The Labute approximate surface area is 173 Å².